The number of ether oxygens (including phenoxy) is 2. The molecular formula is C25H32N2O4. The van der Waals surface area contributed by atoms with Crippen LogP contribution in [0.5, 0.6) is 0 Å². The minimum absolute atomic E-state index is 0.173. The van der Waals surface area contributed by atoms with Crippen molar-refractivity contribution in [3.8, 4) is 0 Å². The molecule has 0 saturated heterocycles. The fraction of sp³-hybridized carbons (Fsp3) is 0.440. The van der Waals surface area contributed by atoms with E-state index in [2.05, 4.69) is 0 Å². The highest BCUT2D eigenvalue weighted by Crippen LogP contribution is 2.38. The van der Waals surface area contributed by atoms with Gasteiger partial charge in [0.15, 0.2) is 5.90 Å². The van der Waals surface area contributed by atoms with Crippen LogP contribution in [-0.2, 0) is 16.1 Å². The summed E-state index contributed by atoms with van der Waals surface area (Å²) in [5.74, 6) is -0.0776. The van der Waals surface area contributed by atoms with E-state index in [9.17, 15) is 9.90 Å². The van der Waals surface area contributed by atoms with Crippen molar-refractivity contribution in [3.05, 3.63) is 71.8 Å². The van der Waals surface area contributed by atoms with E-state index >= 15 is 0 Å². The number of aliphatic imine (C=N–C) groups is 1. The molecule has 6 nitrogen and oxygen atoms in total. The highest BCUT2D eigenvalue weighted by Gasteiger charge is 2.48. The van der Waals surface area contributed by atoms with Gasteiger partial charge in [-0.05, 0) is 18.1 Å². The van der Waals surface area contributed by atoms with Crippen LogP contribution in [0.25, 0.3) is 0 Å². The zero-order chi connectivity index (χ0) is 22.6. The number of methoxy groups -OCH3 is 1. The molecule has 4 atom stereocenters. The Kier molecular flexibility index (Phi) is 7.01. The van der Waals surface area contributed by atoms with Gasteiger partial charge in [0.2, 0.25) is 0 Å². The molecule has 6 heteroatoms. The van der Waals surface area contributed by atoms with Gasteiger partial charge in [0, 0.05) is 11.5 Å². The lowest BCUT2D eigenvalue weighted by atomic mass is 9.83. The van der Waals surface area contributed by atoms with E-state index in [0.717, 1.165) is 11.1 Å². The summed E-state index contributed by atoms with van der Waals surface area (Å²) in [4.78, 5) is 19.7. The van der Waals surface area contributed by atoms with Crippen LogP contribution in [0.2, 0.25) is 0 Å². The highest BCUT2D eigenvalue weighted by atomic mass is 16.6. The number of benzene rings is 2. The predicted octanol–water partition coefficient (Wildman–Crippen LogP) is 4.79. The molecule has 0 spiro atoms. The Labute approximate surface area is 184 Å². The minimum Gasteiger partial charge on any atom is -0.484 e. The van der Waals surface area contributed by atoms with Crippen LogP contribution in [0, 0.1) is 11.3 Å². The van der Waals surface area contributed by atoms with Crippen LogP contribution in [0.3, 0.4) is 0 Å². The third-order valence-corrected chi connectivity index (χ3v) is 5.64. The molecular weight excluding hydrogens is 392 g/mol. The number of carbonyl (C=O) groups is 1. The molecule has 0 bridgehead atoms. The smallest absolute Gasteiger partial charge is 0.412 e. The van der Waals surface area contributed by atoms with E-state index in [1.54, 1.807) is 12.0 Å². The van der Waals surface area contributed by atoms with Crippen molar-refractivity contribution in [2.45, 2.75) is 52.6 Å². The molecule has 2 aromatic carbocycles. The van der Waals surface area contributed by atoms with Gasteiger partial charge in [0.1, 0.15) is 12.8 Å². The monoisotopic (exact) mass is 424 g/mol. The number of carbonyl (C=O) groups excluding carboxylic acids is 1. The van der Waals surface area contributed by atoms with Gasteiger partial charge in [-0.1, -0.05) is 81.4 Å². The third kappa shape index (κ3) is 5.07. The van der Waals surface area contributed by atoms with Gasteiger partial charge in [0.05, 0.1) is 19.1 Å². The minimum atomic E-state index is -0.875. The molecule has 1 aliphatic heterocycles. The van der Waals surface area contributed by atoms with Gasteiger partial charge >= 0.3 is 6.09 Å². The Morgan fingerprint density at radius 3 is 2.23 bits per heavy atom. The second kappa shape index (κ2) is 9.52. The number of aliphatic hydroxyl groups excluding tert-OH is 1. The number of aliphatic hydroxyl groups is 1. The molecule has 31 heavy (non-hydrogen) atoms. The molecule has 0 fully saturated rings. The lowest BCUT2D eigenvalue weighted by molar-refractivity contribution is -0.00746. The summed E-state index contributed by atoms with van der Waals surface area (Å²) in [5, 5.41) is 11.2. The summed E-state index contributed by atoms with van der Waals surface area (Å²) in [6.07, 6.45) is -1.82. The van der Waals surface area contributed by atoms with Gasteiger partial charge < -0.3 is 14.6 Å². The van der Waals surface area contributed by atoms with Crippen molar-refractivity contribution in [1.29, 1.82) is 0 Å². The quantitative estimate of drug-likeness (QED) is 0.766. The first kappa shape index (κ1) is 22.8. The molecule has 1 heterocycles. The van der Waals surface area contributed by atoms with Crippen LogP contribution in [-0.4, -0.2) is 41.3 Å². The average Bonchev–Trinajstić information content (AvgIpc) is 2.77. The van der Waals surface area contributed by atoms with Crippen molar-refractivity contribution in [2.75, 3.05) is 7.11 Å². The van der Waals surface area contributed by atoms with Crippen molar-refractivity contribution in [3.63, 3.8) is 0 Å². The van der Waals surface area contributed by atoms with E-state index < -0.39 is 30.3 Å². The maximum absolute atomic E-state index is 13.3. The van der Waals surface area contributed by atoms with E-state index in [-0.39, 0.29) is 12.0 Å². The fourth-order valence-corrected chi connectivity index (χ4v) is 3.99. The molecule has 0 saturated carbocycles. The highest BCUT2D eigenvalue weighted by molar-refractivity contribution is 5.83. The van der Waals surface area contributed by atoms with Crippen molar-refractivity contribution < 1.29 is 19.4 Å². The average molecular weight is 425 g/mol. The molecule has 1 N–H and O–H groups in total. The van der Waals surface area contributed by atoms with Crippen molar-refractivity contribution >= 4 is 12.0 Å². The molecule has 0 radical (unpaired) electrons. The topological polar surface area (TPSA) is 71.4 Å². The van der Waals surface area contributed by atoms with Crippen LogP contribution < -0.4 is 0 Å². The number of hydrogen-bond donors (Lipinski definition) is 1. The largest absolute Gasteiger partial charge is 0.484 e. The number of hydrogen-bond acceptors (Lipinski definition) is 5. The Bertz CT molecular complexity index is 893. The number of rotatable bonds is 4. The lowest BCUT2D eigenvalue weighted by Gasteiger charge is -2.47. The van der Waals surface area contributed by atoms with Gasteiger partial charge in [-0.2, -0.15) is 0 Å². The molecule has 0 unspecified atom stereocenters. The number of amides is 1. The third-order valence-electron chi connectivity index (χ3n) is 5.64. The van der Waals surface area contributed by atoms with Gasteiger partial charge in [-0.15, -0.1) is 0 Å². The second-order valence-corrected chi connectivity index (χ2v) is 8.98. The van der Waals surface area contributed by atoms with Gasteiger partial charge in [0.25, 0.3) is 0 Å². The lowest BCUT2D eigenvalue weighted by Crippen LogP contribution is -2.59. The summed E-state index contributed by atoms with van der Waals surface area (Å²) in [5.41, 5.74) is 1.30. The zero-order valence-corrected chi connectivity index (χ0v) is 18.9. The Balaban J connectivity index is 1.93. The Morgan fingerprint density at radius 1 is 1.10 bits per heavy atom. The molecule has 3 rings (SSSR count). The van der Waals surface area contributed by atoms with Crippen molar-refractivity contribution in [1.82, 2.24) is 4.90 Å². The first-order chi connectivity index (χ1) is 14.7. The van der Waals surface area contributed by atoms with E-state index in [1.807, 2.05) is 88.4 Å². The molecule has 2 aromatic rings. The van der Waals surface area contributed by atoms with E-state index in [4.69, 9.17) is 14.5 Å². The van der Waals surface area contributed by atoms with Crippen molar-refractivity contribution in [2.24, 2.45) is 16.3 Å². The second-order valence-electron chi connectivity index (χ2n) is 8.98. The SMILES string of the molecule is COC1=N[C@@H](C(C)(C)C)N(C(=O)OCc2ccccc2)[C@@H](C)[C@@H]1[C@H](O)c1ccccc1. The summed E-state index contributed by atoms with van der Waals surface area (Å²) >= 11 is 0. The Morgan fingerprint density at radius 2 is 1.68 bits per heavy atom. The predicted molar refractivity (Wildman–Crippen MR) is 121 cm³/mol. The van der Waals surface area contributed by atoms with Gasteiger partial charge in [-0.3, -0.25) is 4.90 Å². The first-order valence-corrected chi connectivity index (χ1v) is 10.6. The summed E-state index contributed by atoms with van der Waals surface area (Å²) in [6.45, 7) is 8.14. The van der Waals surface area contributed by atoms with Gasteiger partial charge in [-0.25, -0.2) is 9.79 Å². The maximum atomic E-state index is 13.3. The standard InChI is InChI=1S/C25H32N2O4/c1-17-20(21(28)19-14-10-7-11-15-19)22(30-5)26-23(25(2,3)4)27(17)24(29)31-16-18-12-8-6-9-13-18/h6-15,17,20-21,23,28H,16H2,1-5H3/t17-,20+,21+,23+/m0/s1. The summed E-state index contributed by atoms with van der Waals surface area (Å²) in [6, 6.07) is 18.5. The van der Waals surface area contributed by atoms with Crippen LogP contribution >= 0.6 is 0 Å². The number of nitrogens with zero attached hydrogens (tertiary/aromatic N) is 2. The molecule has 0 aromatic heterocycles. The van der Waals surface area contributed by atoms with E-state index in [1.165, 1.54) is 0 Å². The Hall–Kier alpha value is -2.86. The normalized spacial score (nSPS) is 22.5. The fourth-order valence-electron chi connectivity index (χ4n) is 3.99. The zero-order valence-electron chi connectivity index (χ0n) is 18.9. The van der Waals surface area contributed by atoms with E-state index in [0.29, 0.717) is 5.90 Å². The van der Waals surface area contributed by atoms with Crippen LogP contribution in [0.1, 0.15) is 44.9 Å². The summed E-state index contributed by atoms with van der Waals surface area (Å²) in [7, 11) is 1.55. The van der Waals surface area contributed by atoms with Crippen LogP contribution in [0.4, 0.5) is 4.79 Å². The molecule has 1 aliphatic rings. The first-order valence-electron chi connectivity index (χ1n) is 10.6. The van der Waals surface area contributed by atoms with Crippen LogP contribution in [0.15, 0.2) is 65.7 Å². The molecule has 166 valence electrons. The summed E-state index contributed by atoms with van der Waals surface area (Å²) < 4.78 is 11.3. The molecule has 0 aliphatic carbocycles. The maximum Gasteiger partial charge on any atom is 0.412 e. The molecule has 1 amide bonds.